The summed E-state index contributed by atoms with van der Waals surface area (Å²) < 4.78 is 13.6. The summed E-state index contributed by atoms with van der Waals surface area (Å²) in [7, 11) is 0. The minimum absolute atomic E-state index is 0.319. The molecule has 0 heterocycles. The normalized spacial score (nSPS) is 18.4. The predicted octanol–water partition coefficient (Wildman–Crippen LogP) is 3.77. The summed E-state index contributed by atoms with van der Waals surface area (Å²) in [5.41, 5.74) is 1.69. The summed E-state index contributed by atoms with van der Waals surface area (Å²) in [6, 6.07) is 4.98. The molecule has 1 aromatic rings. The Morgan fingerprint density at radius 2 is 2.28 bits per heavy atom. The third kappa shape index (κ3) is 2.89. The lowest BCUT2D eigenvalue weighted by Crippen LogP contribution is -2.16. The molecule has 0 aromatic heterocycles. The van der Waals surface area contributed by atoms with E-state index in [-0.39, 0.29) is 5.82 Å². The van der Waals surface area contributed by atoms with Crippen LogP contribution in [0.5, 0.6) is 0 Å². The van der Waals surface area contributed by atoms with Crippen molar-refractivity contribution >= 4 is 5.69 Å². The molecule has 2 nitrogen and oxygen atoms in total. The zero-order valence-corrected chi connectivity index (χ0v) is 10.5. The van der Waals surface area contributed by atoms with Gasteiger partial charge in [0.1, 0.15) is 5.82 Å². The third-order valence-electron chi connectivity index (χ3n) is 3.43. The summed E-state index contributed by atoms with van der Waals surface area (Å²) in [6.45, 7) is 2.57. The van der Waals surface area contributed by atoms with E-state index in [9.17, 15) is 4.39 Å². The average Bonchev–Trinajstić information content (AvgIpc) is 2.41. The van der Waals surface area contributed by atoms with Crippen LogP contribution in [-0.4, -0.2) is 6.54 Å². The fraction of sp³-hybridized carbons (Fsp3) is 0.400. The van der Waals surface area contributed by atoms with E-state index in [1.54, 1.807) is 13.0 Å². The van der Waals surface area contributed by atoms with Gasteiger partial charge in [0.15, 0.2) is 0 Å². The smallest absolute Gasteiger partial charge is 0.129 e. The van der Waals surface area contributed by atoms with Crippen LogP contribution in [0.25, 0.3) is 0 Å². The maximum atomic E-state index is 13.6. The van der Waals surface area contributed by atoms with Crippen molar-refractivity contribution in [1.29, 1.82) is 5.26 Å². The van der Waals surface area contributed by atoms with E-state index in [4.69, 9.17) is 5.26 Å². The Morgan fingerprint density at radius 3 is 2.94 bits per heavy atom. The number of nitrogens with zero attached hydrogens (tertiary/aromatic N) is 1. The van der Waals surface area contributed by atoms with Crippen molar-refractivity contribution in [3.63, 3.8) is 0 Å². The fourth-order valence-corrected chi connectivity index (χ4v) is 2.22. The number of halogens is 1. The molecule has 0 aliphatic heterocycles. The van der Waals surface area contributed by atoms with Gasteiger partial charge in [0.2, 0.25) is 0 Å². The van der Waals surface area contributed by atoms with Crippen molar-refractivity contribution in [2.75, 3.05) is 11.9 Å². The Kier molecular flexibility index (Phi) is 3.99. The summed E-state index contributed by atoms with van der Waals surface area (Å²) in [5, 5.41) is 12.1. The molecule has 1 atom stereocenters. The highest BCUT2D eigenvalue weighted by atomic mass is 19.1. The third-order valence-corrected chi connectivity index (χ3v) is 3.43. The van der Waals surface area contributed by atoms with Crippen LogP contribution >= 0.6 is 0 Å². The second-order valence-corrected chi connectivity index (χ2v) is 4.77. The van der Waals surface area contributed by atoms with Crippen LogP contribution in [0, 0.1) is 30.0 Å². The number of allylic oxidation sites excluding steroid dienone is 2. The number of benzene rings is 1. The molecule has 0 saturated carbocycles. The zero-order chi connectivity index (χ0) is 13.0. The summed E-state index contributed by atoms with van der Waals surface area (Å²) in [5.74, 6) is 0.281. The lowest BCUT2D eigenvalue weighted by Gasteiger charge is -2.20. The van der Waals surface area contributed by atoms with Crippen LogP contribution in [0.3, 0.4) is 0 Å². The Morgan fingerprint density at radius 1 is 1.44 bits per heavy atom. The Hall–Kier alpha value is -1.82. The van der Waals surface area contributed by atoms with Crippen LogP contribution in [-0.2, 0) is 0 Å². The first-order chi connectivity index (χ1) is 8.70. The molecule has 0 spiro atoms. The highest BCUT2D eigenvalue weighted by Gasteiger charge is 2.11. The first-order valence-corrected chi connectivity index (χ1v) is 6.30. The standard InChI is InChI=1S/C15H17FN2/c1-11-14(16)7-13(9-17)8-15(11)18-10-12-5-3-2-4-6-12/h2-3,7-8,12,18H,4-6,10H2,1H3. The van der Waals surface area contributed by atoms with Gasteiger partial charge in [0, 0.05) is 17.8 Å². The van der Waals surface area contributed by atoms with Gasteiger partial charge in [-0.25, -0.2) is 4.39 Å². The first-order valence-electron chi connectivity index (χ1n) is 6.30. The van der Waals surface area contributed by atoms with Gasteiger partial charge in [0.05, 0.1) is 11.6 Å². The SMILES string of the molecule is Cc1c(F)cc(C#N)cc1NCC1CC=CCC1. The molecule has 0 bridgehead atoms. The second-order valence-electron chi connectivity index (χ2n) is 4.77. The number of nitriles is 1. The molecule has 1 aliphatic rings. The lowest BCUT2D eigenvalue weighted by molar-refractivity contribution is 0.504. The minimum atomic E-state index is -0.319. The quantitative estimate of drug-likeness (QED) is 0.821. The van der Waals surface area contributed by atoms with Gasteiger partial charge < -0.3 is 5.32 Å². The molecule has 0 amide bonds. The van der Waals surface area contributed by atoms with Crippen LogP contribution in [0.15, 0.2) is 24.3 Å². The zero-order valence-electron chi connectivity index (χ0n) is 10.5. The molecular weight excluding hydrogens is 227 g/mol. The molecule has 1 aromatic carbocycles. The van der Waals surface area contributed by atoms with E-state index >= 15 is 0 Å². The first kappa shape index (κ1) is 12.6. The lowest BCUT2D eigenvalue weighted by atomic mass is 9.94. The Balaban J connectivity index is 2.06. The fourth-order valence-electron chi connectivity index (χ4n) is 2.22. The van der Waals surface area contributed by atoms with E-state index in [0.29, 0.717) is 17.0 Å². The van der Waals surface area contributed by atoms with Crippen LogP contribution in [0.2, 0.25) is 0 Å². The van der Waals surface area contributed by atoms with Gasteiger partial charge in [-0.2, -0.15) is 5.26 Å². The van der Waals surface area contributed by atoms with E-state index in [2.05, 4.69) is 17.5 Å². The molecule has 2 rings (SSSR count). The van der Waals surface area contributed by atoms with Crippen molar-refractivity contribution in [3.05, 3.63) is 41.2 Å². The molecule has 1 unspecified atom stereocenters. The number of nitrogens with one attached hydrogen (secondary N) is 1. The largest absolute Gasteiger partial charge is 0.384 e. The maximum Gasteiger partial charge on any atom is 0.129 e. The van der Waals surface area contributed by atoms with E-state index < -0.39 is 0 Å². The molecular formula is C15H17FN2. The number of rotatable bonds is 3. The Bertz CT molecular complexity index is 500. The average molecular weight is 244 g/mol. The van der Waals surface area contributed by atoms with Crippen molar-refractivity contribution < 1.29 is 4.39 Å². The molecule has 0 fully saturated rings. The summed E-state index contributed by atoms with van der Waals surface area (Å²) >= 11 is 0. The van der Waals surface area contributed by atoms with Gasteiger partial charge in [-0.3, -0.25) is 0 Å². The van der Waals surface area contributed by atoms with Gasteiger partial charge in [-0.15, -0.1) is 0 Å². The number of hydrogen-bond donors (Lipinski definition) is 1. The number of hydrogen-bond acceptors (Lipinski definition) is 2. The van der Waals surface area contributed by atoms with Crippen LogP contribution in [0.1, 0.15) is 30.4 Å². The maximum absolute atomic E-state index is 13.6. The molecule has 94 valence electrons. The second kappa shape index (κ2) is 5.68. The van der Waals surface area contributed by atoms with Gasteiger partial charge in [-0.05, 0) is 44.2 Å². The van der Waals surface area contributed by atoms with Crippen LogP contribution in [0.4, 0.5) is 10.1 Å². The van der Waals surface area contributed by atoms with E-state index in [0.717, 1.165) is 25.1 Å². The van der Waals surface area contributed by atoms with Crippen molar-refractivity contribution in [2.45, 2.75) is 26.2 Å². The van der Waals surface area contributed by atoms with Gasteiger partial charge in [-0.1, -0.05) is 12.2 Å². The summed E-state index contributed by atoms with van der Waals surface area (Å²) in [6.07, 6.45) is 7.78. The molecule has 0 radical (unpaired) electrons. The predicted molar refractivity (Wildman–Crippen MR) is 70.8 cm³/mol. The van der Waals surface area contributed by atoms with Gasteiger partial charge in [0.25, 0.3) is 0 Å². The summed E-state index contributed by atoms with van der Waals surface area (Å²) in [4.78, 5) is 0. The highest BCUT2D eigenvalue weighted by molar-refractivity contribution is 5.55. The molecule has 3 heteroatoms. The highest BCUT2D eigenvalue weighted by Crippen LogP contribution is 2.23. The van der Waals surface area contributed by atoms with Crippen molar-refractivity contribution in [1.82, 2.24) is 0 Å². The minimum Gasteiger partial charge on any atom is -0.384 e. The molecule has 18 heavy (non-hydrogen) atoms. The molecule has 1 N–H and O–H groups in total. The van der Waals surface area contributed by atoms with E-state index in [1.165, 1.54) is 12.5 Å². The van der Waals surface area contributed by atoms with E-state index in [1.807, 2.05) is 6.07 Å². The number of anilines is 1. The van der Waals surface area contributed by atoms with Gasteiger partial charge >= 0.3 is 0 Å². The van der Waals surface area contributed by atoms with Crippen molar-refractivity contribution in [3.8, 4) is 6.07 Å². The Labute approximate surface area is 107 Å². The van der Waals surface area contributed by atoms with Crippen LogP contribution < -0.4 is 5.32 Å². The topological polar surface area (TPSA) is 35.8 Å². The molecule has 1 aliphatic carbocycles. The molecule has 0 saturated heterocycles. The monoisotopic (exact) mass is 244 g/mol. The van der Waals surface area contributed by atoms with Crippen molar-refractivity contribution in [2.24, 2.45) is 5.92 Å².